The number of rotatable bonds is 6. The van der Waals surface area contributed by atoms with E-state index in [0.29, 0.717) is 45.3 Å². The number of para-hydroxylation sites is 6. The van der Waals surface area contributed by atoms with E-state index >= 15 is 52.7 Å². The van der Waals surface area contributed by atoms with Gasteiger partial charge in [0.05, 0.1) is 78.3 Å². The van der Waals surface area contributed by atoms with Gasteiger partial charge in [-0.05, 0) is 131 Å². The van der Waals surface area contributed by atoms with Crippen LogP contribution < -0.4 is 9.80 Å². The van der Waals surface area contributed by atoms with Crippen LogP contribution >= 0.6 is 0 Å². The highest BCUT2D eigenvalue weighted by Crippen LogP contribution is 2.60. The van der Waals surface area contributed by atoms with Crippen LogP contribution in [0.1, 0.15) is 77.8 Å². The highest BCUT2D eigenvalue weighted by atomic mass is 19.4. The minimum Gasteiger partial charge on any atom is -0.309 e. The molecule has 466 valence electrons. The van der Waals surface area contributed by atoms with Crippen LogP contribution in [-0.4, -0.2) is 14.1 Å². The molecule has 0 aliphatic carbocycles. The fourth-order valence-corrected chi connectivity index (χ4v) is 14.3. The number of halogens is 12. The summed E-state index contributed by atoms with van der Waals surface area (Å²) in [6.07, 6.45) is -20.0. The molecule has 0 unspecified atom stereocenters. The Kier molecular flexibility index (Phi) is 13.0. The number of pyridine rings is 1. The molecule has 94 heavy (non-hydrogen) atoms. The third-order valence-electron chi connectivity index (χ3n) is 18.6. The SMILES string of the molecule is CC1(C)c2ccccc2N(c2ccccc2)c2c(-c3nc(-n4c5ccc(C(F)(F)F)cc5c5cc(C(F)(F)F)ccc54)c(-c4cccc5c4N(c4ccccc4)c4ccccc4C5(C)C)c(C#N)c3-n3c4ccc(C(F)(F)F)cc4c4cc(C(F)(F)F)ccc43)cccc21. The van der Waals surface area contributed by atoms with Gasteiger partial charge in [-0.15, -0.1) is 0 Å². The van der Waals surface area contributed by atoms with Gasteiger partial charge in [0.15, 0.2) is 0 Å². The van der Waals surface area contributed by atoms with E-state index in [1.54, 1.807) is 24.3 Å². The lowest BCUT2D eigenvalue weighted by Gasteiger charge is -2.43. The number of hydrogen-bond acceptors (Lipinski definition) is 4. The Morgan fingerprint density at radius 3 is 1.09 bits per heavy atom. The molecule has 2 aliphatic rings. The van der Waals surface area contributed by atoms with Crippen LogP contribution in [0.15, 0.2) is 218 Å². The molecular formula is C76H48F12N6. The number of alkyl halides is 12. The van der Waals surface area contributed by atoms with Crippen LogP contribution in [0.25, 0.3) is 77.5 Å². The molecule has 0 saturated carbocycles. The van der Waals surface area contributed by atoms with Gasteiger partial charge in [-0.1, -0.05) is 137 Å². The van der Waals surface area contributed by atoms with Crippen LogP contribution in [0.3, 0.4) is 0 Å². The van der Waals surface area contributed by atoms with Crippen molar-refractivity contribution in [1.29, 1.82) is 5.26 Å². The van der Waals surface area contributed by atoms with Crippen LogP contribution in [0.2, 0.25) is 0 Å². The van der Waals surface area contributed by atoms with Crippen molar-refractivity contribution in [3.05, 3.63) is 268 Å². The first-order chi connectivity index (χ1) is 44.7. The number of anilines is 6. The lowest BCUT2D eigenvalue weighted by Crippen LogP contribution is -2.31. The van der Waals surface area contributed by atoms with Crippen LogP contribution in [0.5, 0.6) is 0 Å². The number of nitrogens with zero attached hydrogens (tertiary/aromatic N) is 6. The van der Waals surface area contributed by atoms with E-state index in [-0.39, 0.29) is 83.1 Å². The smallest absolute Gasteiger partial charge is 0.309 e. The first-order valence-corrected chi connectivity index (χ1v) is 29.8. The molecule has 18 heteroatoms. The molecule has 0 bridgehead atoms. The molecule has 0 spiro atoms. The lowest BCUT2D eigenvalue weighted by atomic mass is 9.72. The van der Waals surface area contributed by atoms with Gasteiger partial charge in [0, 0.05) is 60.4 Å². The van der Waals surface area contributed by atoms with E-state index in [1.807, 2.05) is 159 Å². The average Bonchev–Trinajstić information content (AvgIpc) is 1.55. The monoisotopic (exact) mass is 1270 g/mol. The van der Waals surface area contributed by atoms with Crippen LogP contribution in [-0.2, 0) is 35.5 Å². The fraction of sp³-hybridized carbons (Fsp3) is 0.132. The van der Waals surface area contributed by atoms with Gasteiger partial charge in [0.1, 0.15) is 17.6 Å². The molecule has 13 aromatic rings. The summed E-state index contributed by atoms with van der Waals surface area (Å²) in [5, 5.41) is 11.7. The Balaban J connectivity index is 1.21. The highest BCUT2D eigenvalue weighted by Gasteiger charge is 2.44. The molecule has 0 radical (unpaired) electrons. The van der Waals surface area contributed by atoms with E-state index in [9.17, 15) is 5.26 Å². The van der Waals surface area contributed by atoms with E-state index in [2.05, 4.69) is 6.07 Å². The van der Waals surface area contributed by atoms with Crippen molar-refractivity contribution in [2.75, 3.05) is 9.80 Å². The molecule has 0 fully saturated rings. The van der Waals surface area contributed by atoms with Crippen molar-refractivity contribution >= 4 is 77.7 Å². The average molecular weight is 1270 g/mol. The van der Waals surface area contributed by atoms with Crippen molar-refractivity contribution in [3.63, 3.8) is 0 Å². The number of aromatic nitrogens is 3. The zero-order chi connectivity index (χ0) is 65.9. The Labute approximate surface area is 529 Å². The topological polar surface area (TPSA) is 53.0 Å². The minimum atomic E-state index is -5.00. The molecule has 10 aromatic carbocycles. The van der Waals surface area contributed by atoms with Gasteiger partial charge in [0.25, 0.3) is 0 Å². The number of benzene rings is 10. The number of nitriles is 1. The Morgan fingerprint density at radius 2 is 0.702 bits per heavy atom. The maximum Gasteiger partial charge on any atom is 0.416 e. The maximum absolute atomic E-state index is 15.1. The van der Waals surface area contributed by atoms with Gasteiger partial charge < -0.3 is 14.4 Å². The summed E-state index contributed by atoms with van der Waals surface area (Å²) in [5.41, 5.74) is -0.0583. The second kappa shape index (κ2) is 20.6. The van der Waals surface area contributed by atoms with Crippen LogP contribution in [0, 0.1) is 11.3 Å². The Bertz CT molecular complexity index is 5210. The van der Waals surface area contributed by atoms with Gasteiger partial charge >= 0.3 is 24.7 Å². The van der Waals surface area contributed by atoms with Gasteiger partial charge in [-0.25, -0.2) is 4.98 Å². The standard InChI is InChI=1S/C76H48F12N6/c1-71(2)55-23-11-13-27-63(55)91(46-17-7-5-8-18-46)67-48(21-15-25-57(67)71)65-54(41-89)69(93-59-33-29-42(73(77,78)79)37-50(59)51-38-43(74(80,81)82)30-34-60(51)93)66(49-22-16-26-58-68(49)92(47-19-9-6-10-20-47)64-28-14-12-24-56(64)72(58,3)4)90-70(65)94-61-35-31-44(75(83,84)85)39-52(61)53-40-45(76(86,87)88)32-36-62(53)94/h5-40H,1-4H3. The second-order valence-electron chi connectivity index (χ2n) is 24.6. The largest absolute Gasteiger partial charge is 0.416 e. The van der Waals surface area contributed by atoms with Gasteiger partial charge in [-0.2, -0.15) is 57.9 Å². The summed E-state index contributed by atoms with van der Waals surface area (Å²) in [6.45, 7) is 8.06. The lowest BCUT2D eigenvalue weighted by molar-refractivity contribution is -0.138. The van der Waals surface area contributed by atoms with Crippen molar-refractivity contribution < 1.29 is 52.7 Å². The van der Waals surface area contributed by atoms with E-state index in [4.69, 9.17) is 4.98 Å². The van der Waals surface area contributed by atoms with E-state index in [1.165, 1.54) is 9.13 Å². The number of fused-ring (bicyclic) bond motifs is 10. The quantitative estimate of drug-likeness (QED) is 0.156. The first kappa shape index (κ1) is 59.5. The molecule has 2 aliphatic heterocycles. The molecule has 0 N–H and O–H groups in total. The first-order valence-electron chi connectivity index (χ1n) is 29.8. The summed E-state index contributed by atoms with van der Waals surface area (Å²) in [5.74, 6) is -0.188. The molecule has 5 heterocycles. The third kappa shape index (κ3) is 8.98. The summed E-state index contributed by atoms with van der Waals surface area (Å²) in [4.78, 5) is 9.79. The van der Waals surface area contributed by atoms with Crippen molar-refractivity contribution in [2.24, 2.45) is 0 Å². The molecule has 0 amide bonds. The maximum atomic E-state index is 15.1. The summed E-state index contributed by atoms with van der Waals surface area (Å²) < 4.78 is 184. The molecular weight excluding hydrogens is 1220 g/mol. The van der Waals surface area contributed by atoms with Crippen LogP contribution in [0.4, 0.5) is 86.8 Å². The summed E-state index contributed by atoms with van der Waals surface area (Å²) in [6, 6.07) is 57.9. The van der Waals surface area contributed by atoms with Crippen molar-refractivity contribution in [2.45, 2.75) is 63.2 Å². The van der Waals surface area contributed by atoms with Crippen molar-refractivity contribution in [3.8, 4) is 40.0 Å². The number of hydrogen-bond donors (Lipinski definition) is 0. The predicted molar refractivity (Wildman–Crippen MR) is 342 cm³/mol. The second-order valence-corrected chi connectivity index (χ2v) is 24.6. The predicted octanol–water partition coefficient (Wildman–Crippen LogP) is 22.8. The van der Waals surface area contributed by atoms with Gasteiger partial charge in [0.2, 0.25) is 0 Å². The summed E-state index contributed by atoms with van der Waals surface area (Å²) >= 11 is 0. The van der Waals surface area contributed by atoms with Gasteiger partial charge in [-0.3, -0.25) is 4.57 Å². The Hall–Kier alpha value is -10.8. The molecule has 0 atom stereocenters. The third-order valence-corrected chi connectivity index (χ3v) is 18.6. The summed E-state index contributed by atoms with van der Waals surface area (Å²) in [7, 11) is 0. The normalized spacial score (nSPS) is 14.5. The van der Waals surface area contributed by atoms with E-state index < -0.39 is 57.8 Å². The molecule has 6 nitrogen and oxygen atoms in total. The zero-order valence-corrected chi connectivity index (χ0v) is 50.0. The fourth-order valence-electron chi connectivity index (χ4n) is 14.3. The Morgan fingerprint density at radius 1 is 0.362 bits per heavy atom. The highest BCUT2D eigenvalue weighted by molar-refractivity contribution is 6.14. The molecule has 0 saturated heterocycles. The minimum absolute atomic E-state index is 0.0583. The van der Waals surface area contributed by atoms with Crippen molar-refractivity contribution in [1.82, 2.24) is 14.1 Å². The molecule has 15 rings (SSSR count). The zero-order valence-electron chi connectivity index (χ0n) is 50.0. The van der Waals surface area contributed by atoms with E-state index in [0.717, 1.165) is 83.9 Å². The molecule has 3 aromatic heterocycles.